The molecule has 0 unspecified atom stereocenters. The summed E-state index contributed by atoms with van der Waals surface area (Å²) in [7, 11) is -5.08. The molecule has 8 heteroatoms. The molecule has 5 nitrogen and oxygen atoms in total. The average Bonchev–Trinajstić information content (AvgIpc) is 2.70. The summed E-state index contributed by atoms with van der Waals surface area (Å²) in [5, 5.41) is 0. The van der Waals surface area contributed by atoms with E-state index in [1.54, 1.807) is 13.0 Å². The van der Waals surface area contributed by atoms with Crippen molar-refractivity contribution >= 4 is 7.82 Å². The van der Waals surface area contributed by atoms with Gasteiger partial charge in [-0.1, -0.05) is 72.6 Å². The number of phosphoric acid groups is 1. The summed E-state index contributed by atoms with van der Waals surface area (Å²) in [5.41, 5.74) is 2.23. The zero-order chi connectivity index (χ0) is 25.5. The van der Waals surface area contributed by atoms with Gasteiger partial charge >= 0.3 is 59.1 Å². The predicted molar refractivity (Wildman–Crippen MR) is 136 cm³/mol. The van der Waals surface area contributed by atoms with Crippen molar-refractivity contribution in [2.75, 3.05) is 0 Å². The Kier molecular flexibility index (Phi) is 17.4. The molecule has 0 fully saturated rings. The first-order chi connectivity index (χ1) is 15.8. The van der Waals surface area contributed by atoms with Crippen LogP contribution in [0.2, 0.25) is 0 Å². The molecule has 0 saturated carbocycles. The van der Waals surface area contributed by atoms with E-state index in [0.717, 1.165) is 60.3 Å². The molecule has 3 atom stereocenters. The van der Waals surface area contributed by atoms with Crippen LogP contribution in [0, 0.1) is 31.6 Å². The monoisotopic (exact) mass is 540 g/mol. The molecule has 0 amide bonds. The number of hydrogen-bond donors (Lipinski definition) is 0. The molecular formula is C28H47Na2O5P. The fourth-order valence-electron chi connectivity index (χ4n) is 5.25. The van der Waals surface area contributed by atoms with Gasteiger partial charge in [0.2, 0.25) is 0 Å². The minimum Gasteiger partial charge on any atom is -0.780 e. The maximum atomic E-state index is 11.1. The van der Waals surface area contributed by atoms with Crippen molar-refractivity contribution in [2.45, 2.75) is 125 Å². The van der Waals surface area contributed by atoms with Crippen molar-refractivity contribution in [2.24, 2.45) is 17.8 Å². The maximum Gasteiger partial charge on any atom is 1.00 e. The number of aryl methyl sites for hydroxylation is 1. The third-order valence-corrected chi connectivity index (χ3v) is 7.96. The van der Waals surface area contributed by atoms with Crippen molar-refractivity contribution in [1.29, 1.82) is 0 Å². The van der Waals surface area contributed by atoms with Crippen LogP contribution in [0.3, 0.4) is 0 Å². The topological polar surface area (TPSA) is 81.7 Å². The number of benzene rings is 1. The molecule has 1 heterocycles. The van der Waals surface area contributed by atoms with Gasteiger partial charge in [-0.05, 0) is 81.4 Å². The zero-order valence-electron chi connectivity index (χ0n) is 24.6. The average molecular weight is 541 g/mol. The molecular weight excluding hydrogens is 493 g/mol. The Labute approximate surface area is 265 Å². The van der Waals surface area contributed by atoms with Gasteiger partial charge in [-0.3, -0.25) is 0 Å². The zero-order valence-corrected chi connectivity index (χ0v) is 29.5. The van der Waals surface area contributed by atoms with E-state index in [4.69, 9.17) is 4.74 Å². The Morgan fingerprint density at radius 3 is 2.03 bits per heavy atom. The molecule has 1 aliphatic rings. The first-order valence-electron chi connectivity index (χ1n) is 13.3. The summed E-state index contributed by atoms with van der Waals surface area (Å²) in [6, 6.07) is 1.61. The van der Waals surface area contributed by atoms with Gasteiger partial charge in [0.1, 0.15) is 24.9 Å². The third-order valence-electron chi connectivity index (χ3n) is 7.54. The Hall–Kier alpha value is 0.970. The van der Waals surface area contributed by atoms with E-state index in [0.29, 0.717) is 5.56 Å². The molecule has 0 bridgehead atoms. The summed E-state index contributed by atoms with van der Waals surface area (Å²) in [5.74, 6) is 3.34. The molecule has 0 aromatic heterocycles. The number of phosphoric ester groups is 1. The van der Waals surface area contributed by atoms with E-state index in [9.17, 15) is 14.4 Å². The summed E-state index contributed by atoms with van der Waals surface area (Å²) >= 11 is 0. The van der Waals surface area contributed by atoms with Crippen molar-refractivity contribution in [3.8, 4) is 11.5 Å². The second-order valence-electron chi connectivity index (χ2n) is 11.6. The Balaban J connectivity index is 0.00000612. The van der Waals surface area contributed by atoms with E-state index in [1.165, 1.54) is 44.9 Å². The first kappa shape index (κ1) is 37.0. The van der Waals surface area contributed by atoms with E-state index in [-0.39, 0.29) is 70.5 Å². The Morgan fingerprint density at radius 2 is 1.50 bits per heavy atom. The Morgan fingerprint density at radius 1 is 0.972 bits per heavy atom. The molecule has 1 aromatic carbocycles. The largest absolute Gasteiger partial charge is 1.00 e. The minimum atomic E-state index is -5.08. The number of fused-ring (bicyclic) bond motifs is 1. The van der Waals surface area contributed by atoms with Gasteiger partial charge in [0.25, 0.3) is 0 Å². The van der Waals surface area contributed by atoms with Crippen LogP contribution in [0.1, 0.15) is 116 Å². The smallest absolute Gasteiger partial charge is 0.780 e. The molecule has 1 aliphatic heterocycles. The van der Waals surface area contributed by atoms with Gasteiger partial charge in [-0.2, -0.15) is 0 Å². The van der Waals surface area contributed by atoms with Crippen molar-refractivity contribution in [3.05, 3.63) is 22.8 Å². The van der Waals surface area contributed by atoms with Crippen molar-refractivity contribution in [1.82, 2.24) is 0 Å². The summed E-state index contributed by atoms with van der Waals surface area (Å²) in [6.45, 7) is 15.3. The molecule has 0 N–H and O–H groups in total. The normalized spacial score (nSPS) is 18.9. The molecule has 36 heavy (non-hydrogen) atoms. The molecule has 0 radical (unpaired) electrons. The fraction of sp³-hybridized carbons (Fsp3) is 0.786. The second kappa shape index (κ2) is 16.9. The standard InChI is InChI=1S/C28H49O5P.2Na/c1-20(2)11-8-12-21(3)13-9-14-22(4)15-10-17-28(7)18-16-25-24(6)26(33-34(29,30)31)19-23(5)27(25)32-28;;/h19-22H,8-18H2,1-7H3,(H2,29,30,31);;/q;2*+1/p-2/t21-,22-,28-;;/m1../s1. The molecule has 1 aromatic rings. The molecule has 0 spiro atoms. The van der Waals surface area contributed by atoms with Gasteiger partial charge in [-0.25, -0.2) is 0 Å². The summed E-state index contributed by atoms with van der Waals surface area (Å²) < 4.78 is 22.3. The number of hydrogen-bond acceptors (Lipinski definition) is 5. The van der Waals surface area contributed by atoms with Crippen LogP contribution < -0.4 is 78.2 Å². The van der Waals surface area contributed by atoms with Crippen LogP contribution >= 0.6 is 7.82 Å². The third kappa shape index (κ3) is 12.9. The van der Waals surface area contributed by atoms with Gasteiger partial charge in [0.05, 0.1) is 0 Å². The van der Waals surface area contributed by atoms with E-state index >= 15 is 0 Å². The van der Waals surface area contributed by atoms with Crippen molar-refractivity contribution in [3.63, 3.8) is 0 Å². The number of ether oxygens (including phenoxy) is 1. The number of rotatable bonds is 14. The van der Waals surface area contributed by atoms with Crippen LogP contribution in [0.15, 0.2) is 6.07 Å². The van der Waals surface area contributed by atoms with Gasteiger partial charge in [0.15, 0.2) is 0 Å². The SMILES string of the molecule is Cc1cc(OP(=O)([O-])[O-])c(C)c2c1O[C@](C)(CCC[C@H](C)CCC[C@H](C)CCCC(C)C)CC2.[Na+].[Na+]. The molecule has 2 rings (SSSR count). The van der Waals surface area contributed by atoms with E-state index in [2.05, 4.69) is 39.1 Å². The molecule has 196 valence electrons. The van der Waals surface area contributed by atoms with Gasteiger partial charge in [-0.15, -0.1) is 0 Å². The quantitative estimate of drug-likeness (QED) is 0.260. The van der Waals surface area contributed by atoms with E-state index < -0.39 is 7.82 Å². The van der Waals surface area contributed by atoms with Crippen LogP contribution in [-0.2, 0) is 11.0 Å². The Bertz CT molecular complexity index is 842. The maximum absolute atomic E-state index is 11.1. The van der Waals surface area contributed by atoms with Crippen LogP contribution in [-0.4, -0.2) is 5.60 Å². The molecule has 0 aliphatic carbocycles. The van der Waals surface area contributed by atoms with Gasteiger partial charge in [0, 0.05) is 5.56 Å². The summed E-state index contributed by atoms with van der Waals surface area (Å²) in [6.07, 6.45) is 13.1. The van der Waals surface area contributed by atoms with Gasteiger partial charge < -0.3 is 23.6 Å². The van der Waals surface area contributed by atoms with Crippen molar-refractivity contribution < 1.29 is 82.7 Å². The van der Waals surface area contributed by atoms with Crippen LogP contribution in [0.5, 0.6) is 11.5 Å². The first-order valence-corrected chi connectivity index (χ1v) is 14.8. The second-order valence-corrected chi connectivity index (χ2v) is 12.6. The van der Waals surface area contributed by atoms with E-state index in [1.807, 2.05) is 6.92 Å². The van der Waals surface area contributed by atoms with Crippen LogP contribution in [0.4, 0.5) is 0 Å². The minimum absolute atomic E-state index is 0. The van der Waals surface area contributed by atoms with Crippen LogP contribution in [0.25, 0.3) is 0 Å². The summed E-state index contributed by atoms with van der Waals surface area (Å²) in [4.78, 5) is 22.2. The predicted octanol–water partition coefficient (Wildman–Crippen LogP) is 1.04. The molecule has 0 saturated heterocycles. The fourth-order valence-corrected chi connectivity index (χ4v) is 5.68.